The monoisotopic (exact) mass is 327 g/mol. The standard InChI is InChI=1S/C10H13ClF3N5S/c11-7-16-8(15-3-6-20-10(12,13)14)18-9(17-7)19-4-1-2-5-19/h1-6H2,(H,15,16,17,18). The van der Waals surface area contributed by atoms with Gasteiger partial charge in [-0.3, -0.25) is 0 Å². The molecular weight excluding hydrogens is 315 g/mol. The van der Waals surface area contributed by atoms with Crippen LogP contribution in [0.1, 0.15) is 12.8 Å². The van der Waals surface area contributed by atoms with Gasteiger partial charge in [0.2, 0.25) is 17.2 Å². The normalized spacial score (nSPS) is 15.7. The topological polar surface area (TPSA) is 53.9 Å². The van der Waals surface area contributed by atoms with Gasteiger partial charge in [0.15, 0.2) is 0 Å². The largest absolute Gasteiger partial charge is 0.441 e. The summed E-state index contributed by atoms with van der Waals surface area (Å²) in [6.07, 6.45) is 2.13. The Balaban J connectivity index is 1.91. The molecule has 0 bridgehead atoms. The highest BCUT2D eigenvalue weighted by atomic mass is 35.5. The molecule has 2 rings (SSSR count). The number of nitrogens with zero attached hydrogens (tertiary/aromatic N) is 4. The lowest BCUT2D eigenvalue weighted by molar-refractivity contribution is -0.0327. The van der Waals surface area contributed by atoms with E-state index in [9.17, 15) is 13.2 Å². The summed E-state index contributed by atoms with van der Waals surface area (Å²) in [4.78, 5) is 14.0. The number of halogens is 4. The quantitative estimate of drug-likeness (QED) is 0.839. The second kappa shape index (κ2) is 6.66. The van der Waals surface area contributed by atoms with Gasteiger partial charge in [-0.05, 0) is 36.2 Å². The molecule has 1 saturated heterocycles. The molecule has 1 N–H and O–H groups in total. The number of aromatic nitrogens is 3. The average Bonchev–Trinajstić information content (AvgIpc) is 2.86. The van der Waals surface area contributed by atoms with Crippen LogP contribution in [0.2, 0.25) is 5.28 Å². The van der Waals surface area contributed by atoms with Crippen LogP contribution in [0.3, 0.4) is 0 Å². The van der Waals surface area contributed by atoms with Crippen LogP contribution in [-0.4, -0.2) is 45.8 Å². The molecule has 0 atom stereocenters. The Bertz CT molecular complexity index is 453. The molecule has 0 radical (unpaired) electrons. The molecular formula is C10H13ClF3N5S. The Labute approximate surface area is 123 Å². The highest BCUT2D eigenvalue weighted by Crippen LogP contribution is 2.29. The van der Waals surface area contributed by atoms with Crippen molar-refractivity contribution in [3.63, 3.8) is 0 Å². The van der Waals surface area contributed by atoms with Gasteiger partial charge >= 0.3 is 5.51 Å². The van der Waals surface area contributed by atoms with Crippen LogP contribution in [0, 0.1) is 0 Å². The molecule has 10 heteroatoms. The van der Waals surface area contributed by atoms with E-state index in [1.807, 2.05) is 4.90 Å². The number of hydrogen-bond acceptors (Lipinski definition) is 6. The Morgan fingerprint density at radius 1 is 1.20 bits per heavy atom. The predicted octanol–water partition coefficient (Wildman–Crippen LogP) is 2.79. The molecule has 20 heavy (non-hydrogen) atoms. The van der Waals surface area contributed by atoms with Crippen LogP contribution in [0.5, 0.6) is 0 Å². The van der Waals surface area contributed by atoms with E-state index in [1.54, 1.807) is 0 Å². The Morgan fingerprint density at radius 2 is 1.90 bits per heavy atom. The van der Waals surface area contributed by atoms with Crippen molar-refractivity contribution in [2.45, 2.75) is 18.3 Å². The number of nitrogens with one attached hydrogen (secondary N) is 1. The number of thioether (sulfide) groups is 1. The van der Waals surface area contributed by atoms with Crippen molar-refractivity contribution in [1.29, 1.82) is 0 Å². The number of alkyl halides is 3. The van der Waals surface area contributed by atoms with E-state index in [0.717, 1.165) is 25.9 Å². The van der Waals surface area contributed by atoms with Crippen molar-refractivity contribution in [3.8, 4) is 0 Å². The SMILES string of the molecule is FC(F)(F)SCCNc1nc(Cl)nc(N2CCCC2)n1. The van der Waals surface area contributed by atoms with Crippen LogP contribution in [0.15, 0.2) is 0 Å². The molecule has 1 fully saturated rings. The lowest BCUT2D eigenvalue weighted by Gasteiger charge is -2.15. The molecule has 0 spiro atoms. The number of hydrogen-bond donors (Lipinski definition) is 1. The molecule has 1 aliphatic heterocycles. The maximum absolute atomic E-state index is 12.0. The van der Waals surface area contributed by atoms with Crippen LogP contribution >= 0.6 is 23.4 Å². The first-order valence-electron chi connectivity index (χ1n) is 6.05. The van der Waals surface area contributed by atoms with E-state index in [1.165, 1.54) is 0 Å². The summed E-state index contributed by atoms with van der Waals surface area (Å²) >= 11 is 5.71. The maximum atomic E-state index is 12.0. The Morgan fingerprint density at radius 3 is 2.55 bits per heavy atom. The molecule has 5 nitrogen and oxygen atoms in total. The highest BCUT2D eigenvalue weighted by Gasteiger charge is 2.27. The van der Waals surface area contributed by atoms with Gasteiger partial charge in [0.05, 0.1) is 0 Å². The summed E-state index contributed by atoms with van der Waals surface area (Å²) < 4.78 is 35.9. The van der Waals surface area contributed by atoms with Gasteiger partial charge in [0.25, 0.3) is 0 Å². The van der Waals surface area contributed by atoms with E-state index >= 15 is 0 Å². The van der Waals surface area contributed by atoms with Gasteiger partial charge in [-0.25, -0.2) is 0 Å². The van der Waals surface area contributed by atoms with Crippen molar-refractivity contribution in [1.82, 2.24) is 15.0 Å². The van der Waals surface area contributed by atoms with Crippen molar-refractivity contribution in [2.75, 3.05) is 35.6 Å². The minimum Gasteiger partial charge on any atom is -0.353 e. The van der Waals surface area contributed by atoms with Gasteiger partial charge in [0, 0.05) is 25.4 Å². The maximum Gasteiger partial charge on any atom is 0.441 e. The minimum absolute atomic E-state index is 0.0351. The van der Waals surface area contributed by atoms with Crippen LogP contribution < -0.4 is 10.2 Å². The summed E-state index contributed by atoms with van der Waals surface area (Å²) in [6, 6.07) is 0. The smallest absolute Gasteiger partial charge is 0.353 e. The molecule has 0 unspecified atom stereocenters. The second-order valence-corrected chi connectivity index (χ2v) is 5.64. The molecule has 0 saturated carbocycles. The van der Waals surface area contributed by atoms with Gasteiger partial charge in [0.1, 0.15) is 0 Å². The third-order valence-corrected chi connectivity index (χ3v) is 3.54. The molecule has 1 aromatic rings. The Kier molecular flexibility index (Phi) is 5.14. The van der Waals surface area contributed by atoms with Gasteiger partial charge < -0.3 is 10.2 Å². The van der Waals surface area contributed by atoms with Crippen molar-refractivity contribution in [2.24, 2.45) is 0 Å². The van der Waals surface area contributed by atoms with Gasteiger partial charge in [-0.1, -0.05) is 0 Å². The summed E-state index contributed by atoms with van der Waals surface area (Å²) in [6.45, 7) is 1.80. The van der Waals surface area contributed by atoms with Crippen molar-refractivity contribution < 1.29 is 13.2 Å². The highest BCUT2D eigenvalue weighted by molar-refractivity contribution is 8.00. The van der Waals surface area contributed by atoms with Crippen LogP contribution in [0.25, 0.3) is 0 Å². The fourth-order valence-electron chi connectivity index (χ4n) is 1.81. The zero-order valence-corrected chi connectivity index (χ0v) is 12.0. The lowest BCUT2D eigenvalue weighted by atomic mass is 10.4. The van der Waals surface area contributed by atoms with Crippen LogP contribution in [-0.2, 0) is 0 Å². The summed E-state index contributed by atoms with van der Waals surface area (Å²) in [5.41, 5.74) is -4.22. The zero-order chi connectivity index (χ0) is 14.6. The molecule has 2 heterocycles. The molecule has 112 valence electrons. The zero-order valence-electron chi connectivity index (χ0n) is 10.5. The van der Waals surface area contributed by atoms with Crippen molar-refractivity contribution >= 4 is 35.3 Å². The first-order chi connectivity index (χ1) is 9.44. The molecule has 0 amide bonds. The lowest BCUT2D eigenvalue weighted by Crippen LogP contribution is -2.22. The fourth-order valence-corrected chi connectivity index (χ4v) is 2.40. The van der Waals surface area contributed by atoms with E-state index in [0.29, 0.717) is 5.95 Å². The van der Waals surface area contributed by atoms with Gasteiger partial charge in [-0.15, -0.1) is 0 Å². The summed E-state index contributed by atoms with van der Waals surface area (Å²) in [5, 5.41) is 2.76. The average molecular weight is 328 g/mol. The Hall–Kier alpha value is -0.960. The molecule has 0 aromatic carbocycles. The molecule has 1 aromatic heterocycles. The second-order valence-electron chi connectivity index (χ2n) is 4.14. The van der Waals surface area contributed by atoms with E-state index < -0.39 is 5.51 Å². The third-order valence-electron chi connectivity index (χ3n) is 2.64. The van der Waals surface area contributed by atoms with E-state index in [2.05, 4.69) is 20.3 Å². The third kappa shape index (κ3) is 4.86. The first-order valence-corrected chi connectivity index (χ1v) is 7.41. The predicted molar refractivity (Wildman–Crippen MR) is 73.3 cm³/mol. The van der Waals surface area contributed by atoms with Gasteiger partial charge in [-0.2, -0.15) is 28.1 Å². The van der Waals surface area contributed by atoms with E-state index in [-0.39, 0.29) is 35.3 Å². The number of rotatable bonds is 5. The summed E-state index contributed by atoms with van der Waals surface area (Å²) in [5.74, 6) is 0.550. The fraction of sp³-hybridized carbons (Fsp3) is 0.700. The van der Waals surface area contributed by atoms with E-state index in [4.69, 9.17) is 11.6 Å². The minimum atomic E-state index is -4.22. The first kappa shape index (κ1) is 15.4. The summed E-state index contributed by atoms with van der Waals surface area (Å²) in [7, 11) is 0. The number of anilines is 2. The molecule has 1 aliphatic rings. The molecule has 0 aliphatic carbocycles. The van der Waals surface area contributed by atoms with Crippen LogP contribution in [0.4, 0.5) is 25.1 Å². The van der Waals surface area contributed by atoms with Crippen molar-refractivity contribution in [3.05, 3.63) is 5.28 Å².